The van der Waals surface area contributed by atoms with Gasteiger partial charge in [-0.3, -0.25) is 4.68 Å². The van der Waals surface area contributed by atoms with Crippen LogP contribution in [0.4, 0.5) is 0 Å². The standard InChI is InChI=1S/C13H17BrN4/c1-2-18-13(16-9-17-18)7-10(8-15)11-5-3-4-6-12(11)14/h3-6,9-10H,2,7-8,15H2,1H3. The Bertz CT molecular complexity index is 509. The molecule has 2 aromatic rings. The van der Waals surface area contributed by atoms with Crippen molar-refractivity contribution in [3.8, 4) is 0 Å². The number of nitrogens with two attached hydrogens (primary N) is 1. The van der Waals surface area contributed by atoms with Crippen molar-refractivity contribution in [1.29, 1.82) is 0 Å². The molecule has 4 nitrogen and oxygen atoms in total. The molecular weight excluding hydrogens is 292 g/mol. The van der Waals surface area contributed by atoms with Gasteiger partial charge in [0.15, 0.2) is 0 Å². The molecule has 0 aliphatic rings. The van der Waals surface area contributed by atoms with E-state index >= 15 is 0 Å². The highest BCUT2D eigenvalue weighted by molar-refractivity contribution is 9.10. The SMILES string of the molecule is CCn1ncnc1CC(CN)c1ccccc1Br. The topological polar surface area (TPSA) is 56.7 Å². The molecule has 0 spiro atoms. The maximum Gasteiger partial charge on any atom is 0.138 e. The summed E-state index contributed by atoms with van der Waals surface area (Å²) in [4.78, 5) is 4.31. The smallest absolute Gasteiger partial charge is 0.138 e. The Labute approximate surface area is 115 Å². The Kier molecular flexibility index (Phi) is 4.49. The fraction of sp³-hybridized carbons (Fsp3) is 0.385. The summed E-state index contributed by atoms with van der Waals surface area (Å²) in [5, 5.41) is 4.19. The number of rotatable bonds is 5. The van der Waals surface area contributed by atoms with Crippen molar-refractivity contribution in [2.75, 3.05) is 6.54 Å². The first-order valence-corrected chi connectivity index (χ1v) is 6.86. The molecule has 2 rings (SSSR count). The van der Waals surface area contributed by atoms with Crippen molar-refractivity contribution in [3.05, 3.63) is 46.5 Å². The highest BCUT2D eigenvalue weighted by atomic mass is 79.9. The minimum Gasteiger partial charge on any atom is -0.330 e. The van der Waals surface area contributed by atoms with E-state index in [9.17, 15) is 0 Å². The monoisotopic (exact) mass is 308 g/mol. The zero-order valence-electron chi connectivity index (χ0n) is 10.4. The maximum atomic E-state index is 5.90. The van der Waals surface area contributed by atoms with Crippen molar-refractivity contribution >= 4 is 15.9 Å². The number of nitrogens with zero attached hydrogens (tertiary/aromatic N) is 3. The molecule has 0 aliphatic heterocycles. The highest BCUT2D eigenvalue weighted by Crippen LogP contribution is 2.26. The van der Waals surface area contributed by atoms with Crippen LogP contribution in [0.15, 0.2) is 35.1 Å². The first-order chi connectivity index (χ1) is 8.76. The zero-order chi connectivity index (χ0) is 13.0. The van der Waals surface area contributed by atoms with Crippen molar-refractivity contribution in [3.63, 3.8) is 0 Å². The second-order valence-corrected chi connectivity index (χ2v) is 5.00. The van der Waals surface area contributed by atoms with Gasteiger partial charge in [-0.2, -0.15) is 5.10 Å². The third kappa shape index (κ3) is 2.79. The van der Waals surface area contributed by atoms with Crippen molar-refractivity contribution in [2.45, 2.75) is 25.8 Å². The molecule has 96 valence electrons. The third-order valence-electron chi connectivity index (χ3n) is 3.05. The Balaban J connectivity index is 2.23. The summed E-state index contributed by atoms with van der Waals surface area (Å²) < 4.78 is 3.02. The fourth-order valence-electron chi connectivity index (χ4n) is 2.06. The van der Waals surface area contributed by atoms with Crippen LogP contribution in [0.1, 0.15) is 24.2 Å². The van der Waals surface area contributed by atoms with E-state index in [2.05, 4.69) is 39.0 Å². The average Bonchev–Trinajstić information content (AvgIpc) is 2.84. The van der Waals surface area contributed by atoms with Gasteiger partial charge in [0.1, 0.15) is 12.2 Å². The molecule has 1 atom stereocenters. The molecule has 0 fully saturated rings. The van der Waals surface area contributed by atoms with E-state index in [4.69, 9.17) is 5.73 Å². The minimum absolute atomic E-state index is 0.259. The normalized spacial score (nSPS) is 12.6. The molecule has 0 radical (unpaired) electrons. The lowest BCUT2D eigenvalue weighted by molar-refractivity contribution is 0.575. The van der Waals surface area contributed by atoms with Gasteiger partial charge in [-0.05, 0) is 25.1 Å². The van der Waals surface area contributed by atoms with Gasteiger partial charge in [0.2, 0.25) is 0 Å². The van der Waals surface area contributed by atoms with Gasteiger partial charge >= 0.3 is 0 Å². The lowest BCUT2D eigenvalue weighted by Gasteiger charge is -2.16. The van der Waals surface area contributed by atoms with Gasteiger partial charge in [0, 0.05) is 23.4 Å². The number of halogens is 1. The summed E-state index contributed by atoms with van der Waals surface area (Å²) in [5.74, 6) is 1.25. The molecule has 0 aliphatic carbocycles. The van der Waals surface area contributed by atoms with Crippen molar-refractivity contribution in [2.24, 2.45) is 5.73 Å². The summed E-state index contributed by atoms with van der Waals surface area (Å²) >= 11 is 3.58. The molecule has 0 bridgehead atoms. The number of benzene rings is 1. The van der Waals surface area contributed by atoms with E-state index in [0.29, 0.717) is 6.54 Å². The fourth-order valence-corrected chi connectivity index (χ4v) is 2.67. The number of hydrogen-bond donors (Lipinski definition) is 1. The quantitative estimate of drug-likeness (QED) is 0.922. The van der Waals surface area contributed by atoms with E-state index in [0.717, 1.165) is 23.3 Å². The number of aromatic nitrogens is 3. The van der Waals surface area contributed by atoms with Gasteiger partial charge in [0.05, 0.1) is 0 Å². The summed E-state index contributed by atoms with van der Waals surface area (Å²) in [5.41, 5.74) is 7.13. The van der Waals surface area contributed by atoms with Gasteiger partial charge in [-0.1, -0.05) is 34.1 Å². The van der Waals surface area contributed by atoms with E-state index < -0.39 is 0 Å². The van der Waals surface area contributed by atoms with Crippen molar-refractivity contribution < 1.29 is 0 Å². The lowest BCUT2D eigenvalue weighted by Crippen LogP contribution is -2.18. The highest BCUT2D eigenvalue weighted by Gasteiger charge is 2.16. The molecule has 0 saturated carbocycles. The number of aryl methyl sites for hydroxylation is 1. The second kappa shape index (κ2) is 6.11. The predicted octanol–water partition coefficient (Wildman–Crippen LogP) is 2.35. The Morgan fingerprint density at radius 3 is 2.83 bits per heavy atom. The molecule has 1 heterocycles. The summed E-state index contributed by atoms with van der Waals surface area (Å²) in [7, 11) is 0. The van der Waals surface area contributed by atoms with E-state index in [1.165, 1.54) is 5.56 Å². The molecular formula is C13H17BrN4. The maximum absolute atomic E-state index is 5.90. The van der Waals surface area contributed by atoms with Gasteiger partial charge < -0.3 is 5.73 Å². The van der Waals surface area contributed by atoms with E-state index in [-0.39, 0.29) is 5.92 Å². The second-order valence-electron chi connectivity index (χ2n) is 4.15. The van der Waals surface area contributed by atoms with Crippen LogP contribution in [0.2, 0.25) is 0 Å². The van der Waals surface area contributed by atoms with Crippen LogP contribution in [0.3, 0.4) is 0 Å². The Morgan fingerprint density at radius 2 is 2.17 bits per heavy atom. The number of hydrogen-bond acceptors (Lipinski definition) is 3. The molecule has 0 amide bonds. The molecule has 5 heteroatoms. The summed E-state index contributed by atoms with van der Waals surface area (Å²) in [6.07, 6.45) is 2.42. The zero-order valence-corrected chi connectivity index (χ0v) is 12.0. The predicted molar refractivity (Wildman–Crippen MR) is 75.3 cm³/mol. The molecule has 1 aromatic carbocycles. The minimum atomic E-state index is 0.259. The lowest BCUT2D eigenvalue weighted by atomic mass is 9.95. The Hall–Kier alpha value is -1.20. The van der Waals surface area contributed by atoms with E-state index in [1.807, 2.05) is 22.9 Å². The first kappa shape index (κ1) is 13.2. The van der Waals surface area contributed by atoms with Gasteiger partial charge in [-0.25, -0.2) is 4.98 Å². The van der Waals surface area contributed by atoms with Gasteiger partial charge in [0.25, 0.3) is 0 Å². The third-order valence-corrected chi connectivity index (χ3v) is 3.78. The van der Waals surface area contributed by atoms with Gasteiger partial charge in [-0.15, -0.1) is 0 Å². The Morgan fingerprint density at radius 1 is 1.39 bits per heavy atom. The van der Waals surface area contributed by atoms with Crippen LogP contribution >= 0.6 is 15.9 Å². The first-order valence-electron chi connectivity index (χ1n) is 6.07. The van der Waals surface area contributed by atoms with Crippen LogP contribution in [-0.2, 0) is 13.0 Å². The van der Waals surface area contributed by atoms with Crippen LogP contribution in [0.25, 0.3) is 0 Å². The summed E-state index contributed by atoms with van der Waals surface area (Å²) in [6.45, 7) is 3.50. The van der Waals surface area contributed by atoms with Crippen LogP contribution in [-0.4, -0.2) is 21.3 Å². The largest absolute Gasteiger partial charge is 0.330 e. The average molecular weight is 309 g/mol. The van der Waals surface area contributed by atoms with Crippen LogP contribution < -0.4 is 5.73 Å². The molecule has 0 saturated heterocycles. The van der Waals surface area contributed by atoms with Crippen molar-refractivity contribution in [1.82, 2.24) is 14.8 Å². The van der Waals surface area contributed by atoms with E-state index in [1.54, 1.807) is 6.33 Å². The van der Waals surface area contributed by atoms with Crippen LogP contribution in [0, 0.1) is 0 Å². The van der Waals surface area contributed by atoms with Crippen LogP contribution in [0.5, 0.6) is 0 Å². The molecule has 1 unspecified atom stereocenters. The summed E-state index contributed by atoms with van der Waals surface area (Å²) in [6, 6.07) is 8.19. The molecule has 18 heavy (non-hydrogen) atoms. The molecule has 2 N–H and O–H groups in total. The molecule has 1 aromatic heterocycles.